The van der Waals surface area contributed by atoms with Gasteiger partial charge in [-0.3, -0.25) is 0 Å². The van der Waals surface area contributed by atoms with E-state index in [0.29, 0.717) is 6.54 Å². The van der Waals surface area contributed by atoms with Crippen LogP contribution < -0.4 is 0 Å². The molecule has 0 aromatic heterocycles. The van der Waals surface area contributed by atoms with Crippen molar-refractivity contribution in [1.82, 2.24) is 4.90 Å². The van der Waals surface area contributed by atoms with Crippen molar-refractivity contribution in [2.45, 2.75) is 0 Å². The summed E-state index contributed by atoms with van der Waals surface area (Å²) < 4.78 is 21.6. The van der Waals surface area contributed by atoms with Crippen molar-refractivity contribution in [2.24, 2.45) is 0 Å². The van der Waals surface area contributed by atoms with Gasteiger partial charge in [-0.2, -0.15) is 0 Å². The van der Waals surface area contributed by atoms with Crippen LogP contribution in [0.2, 0.25) is 0 Å². The summed E-state index contributed by atoms with van der Waals surface area (Å²) in [6, 6.07) is 0. The van der Waals surface area contributed by atoms with Gasteiger partial charge in [-0.25, -0.2) is 8.42 Å². The lowest BCUT2D eigenvalue weighted by atomic mass is 10.7. The molecule has 3 nitrogen and oxygen atoms in total. The van der Waals surface area contributed by atoms with Crippen molar-refractivity contribution < 1.29 is 8.42 Å². The Hall–Kier alpha value is -0.0900. The van der Waals surface area contributed by atoms with Gasteiger partial charge >= 0.3 is 0 Å². The third-order valence-electron chi connectivity index (χ3n) is 1.16. The van der Waals surface area contributed by atoms with Crippen LogP contribution in [-0.4, -0.2) is 45.5 Å². The standard InChI is InChI=1S/C6H14NO2S/c1-4-10(8,9)6-5-7(2)3/h1,4-6H2,2-3H3. The van der Waals surface area contributed by atoms with Gasteiger partial charge in [0.25, 0.3) is 0 Å². The van der Waals surface area contributed by atoms with Crippen LogP contribution in [0, 0.1) is 6.92 Å². The van der Waals surface area contributed by atoms with Crippen LogP contribution in [-0.2, 0) is 9.84 Å². The van der Waals surface area contributed by atoms with E-state index in [1.54, 1.807) is 0 Å². The van der Waals surface area contributed by atoms with Gasteiger partial charge in [0.05, 0.1) is 11.5 Å². The fourth-order valence-corrected chi connectivity index (χ4v) is 1.27. The summed E-state index contributed by atoms with van der Waals surface area (Å²) in [6.07, 6.45) is 0. The van der Waals surface area contributed by atoms with Gasteiger partial charge in [-0.1, -0.05) is 0 Å². The van der Waals surface area contributed by atoms with Gasteiger partial charge < -0.3 is 4.90 Å². The molecular weight excluding hydrogens is 150 g/mol. The van der Waals surface area contributed by atoms with Gasteiger partial charge in [0, 0.05) is 6.54 Å². The molecule has 0 spiro atoms. The van der Waals surface area contributed by atoms with Gasteiger partial charge in [0.2, 0.25) is 0 Å². The molecule has 0 aliphatic heterocycles. The molecule has 0 aromatic rings. The Kier molecular flexibility index (Phi) is 3.89. The number of nitrogens with zero attached hydrogens (tertiary/aromatic N) is 1. The Morgan fingerprint density at radius 1 is 1.40 bits per heavy atom. The molecule has 1 radical (unpaired) electrons. The van der Waals surface area contributed by atoms with E-state index in [1.165, 1.54) is 0 Å². The summed E-state index contributed by atoms with van der Waals surface area (Å²) >= 11 is 0. The highest BCUT2D eigenvalue weighted by Gasteiger charge is 2.06. The highest BCUT2D eigenvalue weighted by molar-refractivity contribution is 7.91. The van der Waals surface area contributed by atoms with Crippen LogP contribution in [0.15, 0.2) is 0 Å². The molecule has 0 atom stereocenters. The minimum Gasteiger partial charge on any atom is -0.308 e. The second-order valence-corrected chi connectivity index (χ2v) is 4.76. The summed E-state index contributed by atoms with van der Waals surface area (Å²) in [4.78, 5) is 1.84. The zero-order valence-corrected chi connectivity index (χ0v) is 7.32. The van der Waals surface area contributed by atoms with E-state index in [9.17, 15) is 8.42 Å². The van der Waals surface area contributed by atoms with Gasteiger partial charge in [0.15, 0.2) is 9.84 Å². The maximum atomic E-state index is 10.8. The third-order valence-corrected chi connectivity index (χ3v) is 2.59. The second kappa shape index (κ2) is 3.93. The molecule has 0 bridgehead atoms. The predicted octanol–water partition coefficient (Wildman–Crippen LogP) is -0.203. The van der Waals surface area contributed by atoms with Crippen molar-refractivity contribution in [3.05, 3.63) is 6.92 Å². The average molecular weight is 164 g/mol. The summed E-state index contributed by atoms with van der Waals surface area (Å²) in [5, 5.41) is 0. The number of rotatable bonds is 4. The molecule has 0 aliphatic carbocycles. The maximum Gasteiger partial charge on any atom is 0.151 e. The third kappa shape index (κ3) is 4.76. The lowest BCUT2D eigenvalue weighted by molar-refractivity contribution is 0.432. The molecule has 0 saturated carbocycles. The van der Waals surface area contributed by atoms with Crippen LogP contribution >= 0.6 is 0 Å². The van der Waals surface area contributed by atoms with Crippen molar-refractivity contribution in [3.8, 4) is 0 Å². The van der Waals surface area contributed by atoms with E-state index in [4.69, 9.17) is 0 Å². The van der Waals surface area contributed by atoms with E-state index < -0.39 is 9.84 Å². The Morgan fingerprint density at radius 3 is 2.20 bits per heavy atom. The van der Waals surface area contributed by atoms with Gasteiger partial charge in [0.1, 0.15) is 0 Å². The average Bonchev–Trinajstić information content (AvgIpc) is 1.85. The fraction of sp³-hybridized carbons (Fsp3) is 0.833. The molecule has 0 amide bonds. The van der Waals surface area contributed by atoms with Crippen LogP contribution in [0.5, 0.6) is 0 Å². The molecule has 10 heavy (non-hydrogen) atoms. The second-order valence-electron chi connectivity index (χ2n) is 2.46. The first-order chi connectivity index (χ1) is 4.48. The van der Waals surface area contributed by atoms with E-state index in [-0.39, 0.29) is 11.5 Å². The summed E-state index contributed by atoms with van der Waals surface area (Å²) in [5.74, 6) is 0.213. The van der Waals surface area contributed by atoms with E-state index in [2.05, 4.69) is 6.92 Å². The SMILES string of the molecule is [CH2]CS(=O)(=O)CCN(C)C. The molecule has 4 heteroatoms. The van der Waals surface area contributed by atoms with Crippen LogP contribution in [0.3, 0.4) is 0 Å². The Morgan fingerprint density at radius 2 is 1.90 bits per heavy atom. The zero-order valence-electron chi connectivity index (χ0n) is 6.50. The van der Waals surface area contributed by atoms with Gasteiger partial charge in [-0.15, -0.1) is 0 Å². The smallest absolute Gasteiger partial charge is 0.151 e. The zero-order chi connectivity index (χ0) is 8.20. The quantitative estimate of drug-likeness (QED) is 0.577. The van der Waals surface area contributed by atoms with Crippen molar-refractivity contribution in [2.75, 3.05) is 32.1 Å². The number of hydrogen-bond donors (Lipinski definition) is 0. The monoisotopic (exact) mass is 164 g/mol. The molecule has 0 aliphatic rings. The van der Waals surface area contributed by atoms with Crippen LogP contribution in [0.25, 0.3) is 0 Å². The van der Waals surface area contributed by atoms with Crippen molar-refractivity contribution in [3.63, 3.8) is 0 Å². The summed E-state index contributed by atoms with van der Waals surface area (Å²) in [6.45, 7) is 3.91. The summed E-state index contributed by atoms with van der Waals surface area (Å²) in [5.41, 5.74) is 0. The van der Waals surface area contributed by atoms with E-state index in [0.717, 1.165) is 0 Å². The first-order valence-electron chi connectivity index (χ1n) is 3.12. The molecule has 61 valence electrons. The molecule has 0 aromatic carbocycles. The molecule has 0 rings (SSSR count). The highest BCUT2D eigenvalue weighted by atomic mass is 32.2. The molecular formula is C6H14NO2S. The highest BCUT2D eigenvalue weighted by Crippen LogP contribution is 1.88. The maximum absolute atomic E-state index is 10.8. The van der Waals surface area contributed by atoms with Gasteiger partial charge in [-0.05, 0) is 21.0 Å². The predicted molar refractivity (Wildman–Crippen MR) is 42.6 cm³/mol. The van der Waals surface area contributed by atoms with Crippen molar-refractivity contribution in [1.29, 1.82) is 0 Å². The minimum absolute atomic E-state index is 0.000833. The topological polar surface area (TPSA) is 37.4 Å². The van der Waals surface area contributed by atoms with E-state index >= 15 is 0 Å². The normalized spacial score (nSPS) is 12.4. The molecule has 0 heterocycles. The van der Waals surface area contributed by atoms with Crippen molar-refractivity contribution >= 4 is 9.84 Å². The lowest BCUT2D eigenvalue weighted by Crippen LogP contribution is -2.22. The van der Waals surface area contributed by atoms with Crippen LogP contribution in [0.1, 0.15) is 0 Å². The minimum atomic E-state index is -2.87. The lowest BCUT2D eigenvalue weighted by Gasteiger charge is -2.07. The Balaban J connectivity index is 3.70. The molecule has 0 fully saturated rings. The molecule has 0 unspecified atom stereocenters. The fourth-order valence-electron chi connectivity index (χ4n) is 0.424. The van der Waals surface area contributed by atoms with E-state index in [1.807, 2.05) is 19.0 Å². The largest absolute Gasteiger partial charge is 0.308 e. The summed E-state index contributed by atoms with van der Waals surface area (Å²) in [7, 11) is 0.824. The molecule has 0 saturated heterocycles. The first kappa shape index (κ1) is 9.91. The Labute approximate surface area is 62.9 Å². The number of sulfone groups is 1. The first-order valence-corrected chi connectivity index (χ1v) is 4.94. The molecule has 0 N–H and O–H groups in total. The Bertz CT molecular complexity index is 172. The number of hydrogen-bond acceptors (Lipinski definition) is 3. The van der Waals surface area contributed by atoms with Crippen LogP contribution in [0.4, 0.5) is 0 Å².